The molecule has 4 aromatic rings. The van der Waals surface area contributed by atoms with Gasteiger partial charge in [0.2, 0.25) is 0 Å². The van der Waals surface area contributed by atoms with Crippen LogP contribution in [0.5, 0.6) is 0 Å². The van der Waals surface area contributed by atoms with Gasteiger partial charge in [-0.15, -0.1) is 0 Å². The number of amides is 1. The number of fused-ring (bicyclic) bond motifs is 2. The molecule has 39 heavy (non-hydrogen) atoms. The Morgan fingerprint density at radius 1 is 1.13 bits per heavy atom. The molecule has 0 radical (unpaired) electrons. The van der Waals surface area contributed by atoms with E-state index in [9.17, 15) is 31.9 Å². The molecule has 1 amide bonds. The van der Waals surface area contributed by atoms with Crippen LogP contribution in [0.4, 0.5) is 28.9 Å². The molecule has 5 rings (SSSR count). The molecule has 15 heteroatoms. The van der Waals surface area contributed by atoms with Gasteiger partial charge in [-0.1, -0.05) is 0 Å². The highest BCUT2D eigenvalue weighted by atomic mass is 19.4. The quantitative estimate of drug-likeness (QED) is 0.222. The zero-order chi connectivity index (χ0) is 27.9. The van der Waals surface area contributed by atoms with Crippen LogP contribution in [0.1, 0.15) is 16.1 Å². The summed E-state index contributed by atoms with van der Waals surface area (Å²) in [5.41, 5.74) is 1.75. The lowest BCUT2D eigenvalue weighted by molar-refractivity contribution is -0.202. The Kier molecular flexibility index (Phi) is 6.68. The van der Waals surface area contributed by atoms with Crippen molar-refractivity contribution in [2.45, 2.75) is 19.6 Å². The molecule has 1 fully saturated rings. The largest absolute Gasteiger partial charge is 0.491 e. The van der Waals surface area contributed by atoms with Crippen molar-refractivity contribution in [2.75, 3.05) is 36.4 Å². The summed E-state index contributed by atoms with van der Waals surface area (Å²) in [4.78, 5) is 42.4. The second-order valence-corrected chi connectivity index (χ2v) is 8.86. The maximum atomic E-state index is 14.5. The van der Waals surface area contributed by atoms with Gasteiger partial charge in [0.1, 0.15) is 12.1 Å². The van der Waals surface area contributed by atoms with Gasteiger partial charge < -0.3 is 24.7 Å². The molecule has 0 aliphatic carbocycles. The molecule has 1 saturated heterocycles. The molecule has 3 aromatic heterocycles. The first-order valence-electron chi connectivity index (χ1n) is 11.7. The summed E-state index contributed by atoms with van der Waals surface area (Å²) in [7, 11) is 0. The Bertz CT molecular complexity index is 1610. The number of rotatable bonds is 5. The van der Waals surface area contributed by atoms with E-state index in [1.54, 1.807) is 19.2 Å². The average Bonchev–Trinajstić information content (AvgIpc) is 3.46. The van der Waals surface area contributed by atoms with Crippen molar-refractivity contribution in [3.8, 4) is 0 Å². The number of anilines is 2. The van der Waals surface area contributed by atoms with E-state index in [-0.39, 0.29) is 22.4 Å². The van der Waals surface area contributed by atoms with Crippen molar-refractivity contribution in [1.29, 1.82) is 0 Å². The number of aromatic nitrogens is 4. The van der Waals surface area contributed by atoms with Gasteiger partial charge >= 0.3 is 18.1 Å². The van der Waals surface area contributed by atoms with Gasteiger partial charge in [0.15, 0.2) is 11.5 Å². The summed E-state index contributed by atoms with van der Waals surface area (Å²) in [6, 6.07) is 4.34. The first-order valence-corrected chi connectivity index (χ1v) is 11.7. The van der Waals surface area contributed by atoms with Crippen LogP contribution in [-0.4, -0.2) is 69.4 Å². The van der Waals surface area contributed by atoms with Crippen LogP contribution in [0.2, 0.25) is 0 Å². The number of alkyl halides is 3. The SMILES string of the molecule is Cc1cn2cc(NC(=O)c3ccc(N4CCNCC4)c4cn(CC(=O)OC(=O)C(F)(F)F)nc34)cc(F)c2n1. The number of benzene rings is 1. The number of hydrogen-bond donors (Lipinski definition) is 2. The van der Waals surface area contributed by atoms with E-state index in [1.165, 1.54) is 22.9 Å². The van der Waals surface area contributed by atoms with Gasteiger partial charge in [0.25, 0.3) is 5.91 Å². The van der Waals surface area contributed by atoms with Gasteiger partial charge in [-0.25, -0.2) is 19.0 Å². The number of pyridine rings is 1. The Morgan fingerprint density at radius 2 is 1.87 bits per heavy atom. The second kappa shape index (κ2) is 9.98. The molecule has 0 unspecified atom stereocenters. The molecule has 1 aromatic carbocycles. The predicted molar refractivity (Wildman–Crippen MR) is 130 cm³/mol. The van der Waals surface area contributed by atoms with Crippen LogP contribution in [0.3, 0.4) is 0 Å². The van der Waals surface area contributed by atoms with Crippen molar-refractivity contribution < 1.29 is 36.7 Å². The number of carbonyl (C=O) groups is 3. The summed E-state index contributed by atoms with van der Waals surface area (Å²) in [5, 5.41) is 10.5. The minimum absolute atomic E-state index is 0.0738. The van der Waals surface area contributed by atoms with Crippen LogP contribution in [-0.2, 0) is 20.9 Å². The van der Waals surface area contributed by atoms with Crippen molar-refractivity contribution in [2.24, 2.45) is 0 Å². The number of imidazole rings is 1. The Balaban J connectivity index is 1.48. The topological polar surface area (TPSA) is 123 Å². The lowest BCUT2D eigenvalue weighted by Crippen LogP contribution is -2.43. The van der Waals surface area contributed by atoms with E-state index < -0.39 is 36.4 Å². The van der Waals surface area contributed by atoms with Crippen LogP contribution < -0.4 is 15.5 Å². The lowest BCUT2D eigenvalue weighted by Gasteiger charge is -2.30. The number of carbonyl (C=O) groups excluding carboxylic acids is 3. The highest BCUT2D eigenvalue weighted by Crippen LogP contribution is 2.30. The molecule has 0 atom stereocenters. The van der Waals surface area contributed by atoms with Gasteiger partial charge in [0, 0.05) is 61.9 Å². The summed E-state index contributed by atoms with van der Waals surface area (Å²) < 4.78 is 58.2. The van der Waals surface area contributed by atoms with E-state index >= 15 is 0 Å². The first-order chi connectivity index (χ1) is 18.5. The van der Waals surface area contributed by atoms with E-state index in [2.05, 4.69) is 25.5 Å². The number of piperazine rings is 1. The van der Waals surface area contributed by atoms with Gasteiger partial charge in [-0.2, -0.15) is 18.3 Å². The fourth-order valence-corrected chi connectivity index (χ4v) is 4.36. The lowest BCUT2D eigenvalue weighted by atomic mass is 10.1. The molecule has 0 bridgehead atoms. The van der Waals surface area contributed by atoms with E-state index in [4.69, 9.17) is 0 Å². The maximum Gasteiger partial charge on any atom is 0.491 e. The van der Waals surface area contributed by atoms with E-state index in [0.717, 1.165) is 10.7 Å². The molecule has 1 aliphatic rings. The third-order valence-corrected chi connectivity index (χ3v) is 6.02. The summed E-state index contributed by atoms with van der Waals surface area (Å²) in [5.74, 6) is -5.39. The normalized spacial score (nSPS) is 14.1. The molecule has 204 valence electrons. The minimum Gasteiger partial charge on any atom is -0.385 e. The molecule has 1 aliphatic heterocycles. The van der Waals surface area contributed by atoms with Gasteiger partial charge in [-0.05, 0) is 19.1 Å². The summed E-state index contributed by atoms with van der Waals surface area (Å²) in [6.07, 6.45) is -0.848. The van der Waals surface area contributed by atoms with Crippen molar-refractivity contribution in [3.63, 3.8) is 0 Å². The first kappa shape index (κ1) is 26.1. The number of ether oxygens (including phenoxy) is 1. The molecule has 0 saturated carbocycles. The standard InChI is InChI=1S/C24H21F4N7O4/c1-13-9-34-10-14(8-17(25)21(34)30-13)31-22(37)15-2-3-18(33-6-4-29-5-7-33)16-11-35(32-20(15)16)12-19(36)39-23(38)24(26,27)28/h2-3,8-11,29H,4-7,12H2,1H3,(H,31,37). The zero-order valence-corrected chi connectivity index (χ0v) is 20.4. The Labute approximate surface area is 217 Å². The van der Waals surface area contributed by atoms with Crippen molar-refractivity contribution in [3.05, 3.63) is 53.9 Å². The predicted octanol–water partition coefficient (Wildman–Crippen LogP) is 2.43. The van der Waals surface area contributed by atoms with Crippen LogP contribution in [0, 0.1) is 12.7 Å². The van der Waals surface area contributed by atoms with E-state index in [1.807, 2.05) is 4.90 Å². The molecule has 2 N–H and O–H groups in total. The molecule has 4 heterocycles. The second-order valence-electron chi connectivity index (χ2n) is 8.86. The molecular weight excluding hydrogens is 526 g/mol. The monoisotopic (exact) mass is 547 g/mol. The number of hydrogen-bond acceptors (Lipinski definition) is 8. The van der Waals surface area contributed by atoms with Crippen molar-refractivity contribution >= 4 is 45.8 Å². The highest BCUT2D eigenvalue weighted by molar-refractivity contribution is 6.14. The summed E-state index contributed by atoms with van der Waals surface area (Å²) in [6.45, 7) is 3.57. The van der Waals surface area contributed by atoms with Crippen molar-refractivity contribution in [1.82, 2.24) is 24.5 Å². The van der Waals surface area contributed by atoms with Crippen LogP contribution in [0.15, 0.2) is 36.8 Å². The number of halogens is 4. The minimum atomic E-state index is -5.33. The van der Waals surface area contributed by atoms with Crippen LogP contribution in [0.25, 0.3) is 16.6 Å². The highest BCUT2D eigenvalue weighted by Gasteiger charge is 2.42. The van der Waals surface area contributed by atoms with E-state index in [0.29, 0.717) is 42.9 Å². The third kappa shape index (κ3) is 5.38. The van der Waals surface area contributed by atoms with Gasteiger partial charge in [0.05, 0.1) is 16.9 Å². The smallest absolute Gasteiger partial charge is 0.385 e. The average molecular weight is 547 g/mol. The third-order valence-electron chi connectivity index (χ3n) is 6.02. The number of nitrogens with zero attached hydrogens (tertiary/aromatic N) is 5. The molecular formula is C24H21F4N7O4. The number of esters is 2. The molecule has 0 spiro atoms. The fourth-order valence-electron chi connectivity index (χ4n) is 4.36. The Morgan fingerprint density at radius 3 is 2.59 bits per heavy atom. The fraction of sp³-hybridized carbons (Fsp3) is 0.292. The zero-order valence-electron chi connectivity index (χ0n) is 20.4. The van der Waals surface area contributed by atoms with Crippen LogP contribution >= 0.6 is 0 Å². The maximum absolute atomic E-state index is 14.5. The summed E-state index contributed by atoms with van der Waals surface area (Å²) >= 11 is 0. The molecule has 11 nitrogen and oxygen atoms in total. The number of nitrogens with one attached hydrogen (secondary N) is 2. The number of aryl methyl sites for hydroxylation is 1. The van der Waals surface area contributed by atoms with Gasteiger partial charge in [-0.3, -0.25) is 9.48 Å². The Hall–Kier alpha value is -4.53.